The SMILES string of the molecule is C#CCC(=O)c1snnc1C(C)C. The van der Waals surface area contributed by atoms with E-state index in [4.69, 9.17) is 6.42 Å². The van der Waals surface area contributed by atoms with E-state index in [1.54, 1.807) is 0 Å². The van der Waals surface area contributed by atoms with E-state index in [1.165, 1.54) is 0 Å². The lowest BCUT2D eigenvalue weighted by Crippen LogP contribution is -2.01. The molecule has 0 fully saturated rings. The van der Waals surface area contributed by atoms with Gasteiger partial charge in [0, 0.05) is 0 Å². The van der Waals surface area contributed by atoms with Crippen molar-refractivity contribution in [2.24, 2.45) is 0 Å². The first-order valence-corrected chi connectivity index (χ1v) is 4.73. The van der Waals surface area contributed by atoms with Crippen molar-refractivity contribution in [2.45, 2.75) is 26.2 Å². The Morgan fingerprint density at radius 2 is 2.38 bits per heavy atom. The quantitative estimate of drug-likeness (QED) is 0.545. The average Bonchev–Trinajstić information content (AvgIpc) is 2.52. The first kappa shape index (κ1) is 9.87. The van der Waals surface area contributed by atoms with Gasteiger partial charge in [-0.05, 0) is 17.5 Å². The van der Waals surface area contributed by atoms with E-state index in [1.807, 2.05) is 13.8 Å². The van der Waals surface area contributed by atoms with E-state index in [2.05, 4.69) is 15.5 Å². The topological polar surface area (TPSA) is 42.9 Å². The van der Waals surface area contributed by atoms with Gasteiger partial charge in [0.05, 0.1) is 12.1 Å². The molecule has 4 heteroatoms. The van der Waals surface area contributed by atoms with Gasteiger partial charge in [0.25, 0.3) is 0 Å². The zero-order valence-corrected chi connectivity index (χ0v) is 8.39. The molecule has 0 aliphatic carbocycles. The third-order valence-electron chi connectivity index (χ3n) is 1.58. The van der Waals surface area contributed by atoms with Gasteiger partial charge in [-0.2, -0.15) is 0 Å². The van der Waals surface area contributed by atoms with Crippen molar-refractivity contribution in [1.29, 1.82) is 0 Å². The second-order valence-electron chi connectivity index (χ2n) is 2.95. The largest absolute Gasteiger partial charge is 0.292 e. The highest BCUT2D eigenvalue weighted by molar-refractivity contribution is 7.08. The zero-order valence-electron chi connectivity index (χ0n) is 7.57. The van der Waals surface area contributed by atoms with Crippen LogP contribution >= 0.6 is 11.5 Å². The van der Waals surface area contributed by atoms with Crippen molar-refractivity contribution < 1.29 is 4.79 Å². The number of hydrogen-bond donors (Lipinski definition) is 0. The summed E-state index contributed by atoms with van der Waals surface area (Å²) in [5.74, 6) is 2.49. The van der Waals surface area contributed by atoms with Crippen LogP contribution in [-0.4, -0.2) is 15.4 Å². The standard InChI is InChI=1S/C9H10N2OS/c1-4-5-7(12)9-8(6(2)3)10-11-13-9/h1,6H,5H2,2-3H3. The van der Waals surface area contributed by atoms with Gasteiger partial charge >= 0.3 is 0 Å². The summed E-state index contributed by atoms with van der Waals surface area (Å²) >= 11 is 1.12. The van der Waals surface area contributed by atoms with Crippen LogP contribution in [0.3, 0.4) is 0 Å². The first-order chi connectivity index (χ1) is 6.16. The molecule has 3 nitrogen and oxygen atoms in total. The summed E-state index contributed by atoms with van der Waals surface area (Å²) in [5.41, 5.74) is 0.755. The molecule has 0 aliphatic rings. The third kappa shape index (κ3) is 2.13. The molecule has 68 valence electrons. The Bertz CT molecular complexity index is 349. The minimum Gasteiger partial charge on any atom is -0.292 e. The molecule has 13 heavy (non-hydrogen) atoms. The molecule has 0 N–H and O–H groups in total. The number of carbonyl (C=O) groups is 1. The monoisotopic (exact) mass is 194 g/mol. The molecule has 0 amide bonds. The molecule has 0 aliphatic heterocycles. The van der Waals surface area contributed by atoms with Gasteiger partial charge in [-0.15, -0.1) is 11.5 Å². The van der Waals surface area contributed by atoms with Crippen molar-refractivity contribution in [3.8, 4) is 12.3 Å². The molecule has 0 spiro atoms. The van der Waals surface area contributed by atoms with Crippen molar-refractivity contribution >= 4 is 17.3 Å². The lowest BCUT2D eigenvalue weighted by Gasteiger charge is -2.00. The van der Waals surface area contributed by atoms with Crippen LogP contribution in [0.15, 0.2) is 0 Å². The minimum absolute atomic E-state index is 0.0544. The number of aromatic nitrogens is 2. The number of carbonyl (C=O) groups excluding carboxylic acids is 1. The molecule has 0 radical (unpaired) electrons. The normalized spacial score (nSPS) is 10.0. The van der Waals surface area contributed by atoms with Gasteiger partial charge in [-0.3, -0.25) is 4.79 Å². The van der Waals surface area contributed by atoms with Crippen LogP contribution < -0.4 is 0 Å². The van der Waals surface area contributed by atoms with E-state index in [0.717, 1.165) is 17.2 Å². The second kappa shape index (κ2) is 4.15. The number of terminal acetylenes is 1. The van der Waals surface area contributed by atoms with Crippen molar-refractivity contribution in [3.05, 3.63) is 10.6 Å². The number of rotatable bonds is 3. The van der Waals surface area contributed by atoms with Crippen molar-refractivity contribution in [1.82, 2.24) is 9.59 Å². The summed E-state index contributed by atoms with van der Waals surface area (Å²) in [6.45, 7) is 3.95. The average molecular weight is 194 g/mol. The van der Waals surface area contributed by atoms with Crippen LogP contribution in [0.2, 0.25) is 0 Å². The minimum atomic E-state index is -0.0544. The Hall–Kier alpha value is -1.21. The predicted molar refractivity (Wildman–Crippen MR) is 51.8 cm³/mol. The molecule has 1 heterocycles. The summed E-state index contributed by atoms with van der Waals surface area (Å²) in [7, 11) is 0. The maximum Gasteiger partial charge on any atom is 0.188 e. The summed E-state index contributed by atoms with van der Waals surface area (Å²) in [4.78, 5) is 12.0. The van der Waals surface area contributed by atoms with Crippen LogP contribution in [0.4, 0.5) is 0 Å². The highest BCUT2D eigenvalue weighted by Gasteiger charge is 2.17. The van der Waals surface area contributed by atoms with Gasteiger partial charge in [0.2, 0.25) is 0 Å². The molecule has 0 aromatic carbocycles. The van der Waals surface area contributed by atoms with Gasteiger partial charge in [-0.25, -0.2) is 0 Å². The number of ketones is 1. The Kier molecular flexibility index (Phi) is 3.15. The van der Waals surface area contributed by atoms with Crippen LogP contribution in [0.1, 0.15) is 41.6 Å². The molecule has 1 rings (SSSR count). The Labute approximate surface area is 81.3 Å². The van der Waals surface area contributed by atoms with E-state index in [0.29, 0.717) is 4.88 Å². The summed E-state index contributed by atoms with van der Waals surface area (Å²) in [6.07, 6.45) is 5.18. The molecule has 0 saturated heterocycles. The molecule has 0 saturated carbocycles. The van der Waals surface area contributed by atoms with E-state index in [9.17, 15) is 4.79 Å². The summed E-state index contributed by atoms with van der Waals surface area (Å²) in [5, 5.41) is 3.90. The van der Waals surface area contributed by atoms with E-state index in [-0.39, 0.29) is 18.1 Å². The highest BCUT2D eigenvalue weighted by Crippen LogP contribution is 2.20. The fraction of sp³-hybridized carbons (Fsp3) is 0.444. The van der Waals surface area contributed by atoms with Crippen LogP contribution in [0.25, 0.3) is 0 Å². The maximum absolute atomic E-state index is 11.4. The molecule has 1 aromatic rings. The second-order valence-corrected chi connectivity index (χ2v) is 3.70. The predicted octanol–water partition coefficient (Wildman–Crippen LogP) is 1.87. The highest BCUT2D eigenvalue weighted by atomic mass is 32.1. The van der Waals surface area contributed by atoms with Crippen molar-refractivity contribution in [3.63, 3.8) is 0 Å². The van der Waals surface area contributed by atoms with Crippen LogP contribution in [-0.2, 0) is 0 Å². The zero-order chi connectivity index (χ0) is 9.84. The smallest absolute Gasteiger partial charge is 0.188 e. The summed E-state index contributed by atoms with van der Waals surface area (Å²) in [6, 6.07) is 0. The molecule has 0 atom stereocenters. The number of hydrogen-bond acceptors (Lipinski definition) is 4. The van der Waals surface area contributed by atoms with Crippen molar-refractivity contribution in [2.75, 3.05) is 0 Å². The van der Waals surface area contributed by atoms with Gasteiger partial charge in [0.15, 0.2) is 5.78 Å². The fourth-order valence-electron chi connectivity index (χ4n) is 0.942. The third-order valence-corrected chi connectivity index (χ3v) is 2.36. The Balaban J connectivity index is 2.95. The molecular formula is C9H10N2OS. The fourth-order valence-corrected chi connectivity index (χ4v) is 1.70. The lowest BCUT2D eigenvalue weighted by atomic mass is 10.1. The van der Waals surface area contributed by atoms with Gasteiger partial charge in [-0.1, -0.05) is 24.3 Å². The molecule has 0 bridgehead atoms. The van der Waals surface area contributed by atoms with Gasteiger partial charge < -0.3 is 0 Å². The Morgan fingerprint density at radius 1 is 1.69 bits per heavy atom. The van der Waals surface area contributed by atoms with Crippen LogP contribution in [0.5, 0.6) is 0 Å². The lowest BCUT2D eigenvalue weighted by molar-refractivity contribution is 0.100. The van der Waals surface area contributed by atoms with E-state index < -0.39 is 0 Å². The molecule has 1 aromatic heterocycles. The van der Waals surface area contributed by atoms with Gasteiger partial charge in [0.1, 0.15) is 4.88 Å². The molecule has 0 unspecified atom stereocenters. The number of Topliss-reactive ketones (excluding diaryl/α,β-unsaturated/α-hetero) is 1. The first-order valence-electron chi connectivity index (χ1n) is 3.95. The molecular weight excluding hydrogens is 184 g/mol. The number of nitrogens with zero attached hydrogens (tertiary/aromatic N) is 2. The van der Waals surface area contributed by atoms with E-state index >= 15 is 0 Å². The summed E-state index contributed by atoms with van der Waals surface area (Å²) < 4.78 is 3.75. The Morgan fingerprint density at radius 3 is 2.92 bits per heavy atom. The maximum atomic E-state index is 11.4. The van der Waals surface area contributed by atoms with Crippen LogP contribution in [0, 0.1) is 12.3 Å².